The van der Waals surface area contributed by atoms with Crippen LogP contribution in [0.1, 0.15) is 10.4 Å². The molecule has 0 fully saturated rings. The number of oxazole rings is 1. The highest BCUT2D eigenvalue weighted by atomic mass is 16.5. The Bertz CT molecular complexity index is 811. The van der Waals surface area contributed by atoms with Gasteiger partial charge in [-0.25, -0.2) is 4.98 Å². The number of methoxy groups -OCH3 is 1. The number of amides is 1. The Morgan fingerprint density at radius 2 is 2.00 bits per heavy atom. The van der Waals surface area contributed by atoms with Crippen molar-refractivity contribution in [2.24, 2.45) is 5.73 Å². The second-order valence-corrected chi connectivity index (χ2v) is 4.69. The Morgan fingerprint density at radius 1 is 1.18 bits per heavy atom. The van der Waals surface area contributed by atoms with Gasteiger partial charge >= 0.3 is 0 Å². The van der Waals surface area contributed by atoms with E-state index in [0.717, 1.165) is 11.1 Å². The van der Waals surface area contributed by atoms with Gasteiger partial charge in [0.25, 0.3) is 0 Å². The lowest BCUT2D eigenvalue weighted by molar-refractivity contribution is 0.100. The molecule has 0 unspecified atom stereocenters. The van der Waals surface area contributed by atoms with Crippen LogP contribution < -0.4 is 10.5 Å². The lowest BCUT2D eigenvalue weighted by Gasteiger charge is -2.12. The largest absolute Gasteiger partial charge is 0.496 e. The third-order valence-electron chi connectivity index (χ3n) is 3.40. The van der Waals surface area contributed by atoms with E-state index in [4.69, 9.17) is 14.9 Å². The number of hydrogen-bond donors (Lipinski definition) is 1. The summed E-state index contributed by atoms with van der Waals surface area (Å²) in [5, 5.41) is 0. The van der Waals surface area contributed by atoms with Crippen LogP contribution in [-0.2, 0) is 0 Å². The molecule has 0 bridgehead atoms. The normalized spacial score (nSPS) is 10.4. The molecule has 5 nitrogen and oxygen atoms in total. The number of hydrogen-bond acceptors (Lipinski definition) is 4. The van der Waals surface area contributed by atoms with E-state index in [-0.39, 0.29) is 0 Å². The Balaban J connectivity index is 2.21. The van der Waals surface area contributed by atoms with Crippen molar-refractivity contribution in [3.05, 3.63) is 60.6 Å². The number of carbonyl (C=O) groups excluding carboxylic acids is 1. The molecular weight excluding hydrogens is 280 g/mol. The average molecular weight is 294 g/mol. The van der Waals surface area contributed by atoms with Gasteiger partial charge in [-0.2, -0.15) is 0 Å². The molecule has 1 amide bonds. The summed E-state index contributed by atoms with van der Waals surface area (Å²) in [6.07, 6.45) is 3.00. The molecule has 0 saturated heterocycles. The Morgan fingerprint density at radius 3 is 2.68 bits per heavy atom. The predicted octanol–water partition coefficient (Wildman–Crippen LogP) is 3.12. The molecule has 0 aliphatic rings. The number of nitrogens with two attached hydrogens (primary N) is 1. The van der Waals surface area contributed by atoms with Crippen LogP contribution in [0, 0.1) is 0 Å². The zero-order chi connectivity index (χ0) is 15.5. The molecule has 22 heavy (non-hydrogen) atoms. The summed E-state index contributed by atoms with van der Waals surface area (Å²) in [7, 11) is 1.58. The maximum atomic E-state index is 11.7. The Labute approximate surface area is 127 Å². The summed E-state index contributed by atoms with van der Waals surface area (Å²) in [5.41, 5.74) is 8.23. The van der Waals surface area contributed by atoms with E-state index < -0.39 is 5.91 Å². The molecule has 2 aromatic carbocycles. The number of primary amides is 1. The minimum Gasteiger partial charge on any atom is -0.496 e. The standard InChI is InChI=1S/C17H14N2O3/c1-21-15-7-6-11(16-9-19-10-22-16)8-14(15)12-4-2-3-5-13(12)17(18)20/h2-10H,1H3,(H2,18,20). The summed E-state index contributed by atoms with van der Waals surface area (Å²) in [5.74, 6) is 0.806. The molecule has 0 spiro atoms. The van der Waals surface area contributed by atoms with E-state index in [2.05, 4.69) is 4.98 Å². The predicted molar refractivity (Wildman–Crippen MR) is 82.4 cm³/mol. The molecule has 0 radical (unpaired) electrons. The van der Waals surface area contributed by atoms with Crippen LogP contribution >= 0.6 is 0 Å². The van der Waals surface area contributed by atoms with Crippen LogP contribution in [0.15, 0.2) is 59.5 Å². The van der Waals surface area contributed by atoms with E-state index in [0.29, 0.717) is 22.6 Å². The van der Waals surface area contributed by atoms with Gasteiger partial charge < -0.3 is 14.9 Å². The number of ether oxygens (including phenoxy) is 1. The van der Waals surface area contributed by atoms with Crippen molar-refractivity contribution in [1.29, 1.82) is 0 Å². The minimum absolute atomic E-state index is 0.440. The third-order valence-corrected chi connectivity index (χ3v) is 3.40. The quantitative estimate of drug-likeness (QED) is 0.802. The highest BCUT2D eigenvalue weighted by molar-refractivity contribution is 6.00. The van der Waals surface area contributed by atoms with Gasteiger partial charge in [0.15, 0.2) is 12.2 Å². The number of aromatic nitrogens is 1. The first-order valence-electron chi connectivity index (χ1n) is 6.67. The van der Waals surface area contributed by atoms with Gasteiger partial charge in [0.05, 0.1) is 13.3 Å². The Kier molecular flexibility index (Phi) is 3.62. The number of benzene rings is 2. The fourth-order valence-corrected chi connectivity index (χ4v) is 2.36. The molecule has 3 rings (SSSR count). The van der Waals surface area contributed by atoms with Gasteiger partial charge in [-0.15, -0.1) is 0 Å². The summed E-state index contributed by atoms with van der Waals surface area (Å²) >= 11 is 0. The maximum absolute atomic E-state index is 11.7. The van der Waals surface area contributed by atoms with Gasteiger partial charge in [0, 0.05) is 16.7 Å². The summed E-state index contributed by atoms with van der Waals surface area (Å²) < 4.78 is 10.7. The molecule has 0 saturated carbocycles. The highest BCUT2D eigenvalue weighted by Crippen LogP contribution is 2.35. The van der Waals surface area contributed by atoms with Crippen molar-refractivity contribution >= 4 is 5.91 Å². The van der Waals surface area contributed by atoms with Crippen molar-refractivity contribution < 1.29 is 13.9 Å². The molecule has 5 heteroatoms. The van der Waals surface area contributed by atoms with Gasteiger partial charge in [-0.05, 0) is 29.8 Å². The van der Waals surface area contributed by atoms with Crippen molar-refractivity contribution in [3.63, 3.8) is 0 Å². The highest BCUT2D eigenvalue weighted by Gasteiger charge is 2.15. The van der Waals surface area contributed by atoms with Gasteiger partial charge in [0.2, 0.25) is 5.91 Å². The lowest BCUT2D eigenvalue weighted by Crippen LogP contribution is -2.12. The molecule has 0 aliphatic heterocycles. The van der Waals surface area contributed by atoms with Crippen LogP contribution in [0.2, 0.25) is 0 Å². The summed E-state index contributed by atoms with van der Waals surface area (Å²) in [6.45, 7) is 0. The molecule has 1 aromatic heterocycles. The van der Waals surface area contributed by atoms with Gasteiger partial charge in [-0.1, -0.05) is 18.2 Å². The monoisotopic (exact) mass is 294 g/mol. The number of rotatable bonds is 4. The van der Waals surface area contributed by atoms with Crippen molar-refractivity contribution in [3.8, 4) is 28.2 Å². The molecule has 1 heterocycles. The zero-order valence-electron chi connectivity index (χ0n) is 11.9. The number of nitrogens with zero attached hydrogens (tertiary/aromatic N) is 1. The van der Waals surface area contributed by atoms with Crippen LogP contribution in [0.4, 0.5) is 0 Å². The smallest absolute Gasteiger partial charge is 0.249 e. The molecule has 0 aliphatic carbocycles. The SMILES string of the molecule is COc1ccc(-c2cnco2)cc1-c1ccccc1C(N)=O. The number of carbonyl (C=O) groups is 1. The molecule has 2 N–H and O–H groups in total. The molecule has 110 valence electrons. The van der Waals surface area contributed by atoms with Gasteiger partial charge in [-0.3, -0.25) is 4.79 Å². The van der Waals surface area contributed by atoms with Crippen LogP contribution in [0.25, 0.3) is 22.5 Å². The van der Waals surface area contributed by atoms with E-state index in [1.165, 1.54) is 6.39 Å². The first-order valence-corrected chi connectivity index (χ1v) is 6.67. The van der Waals surface area contributed by atoms with E-state index in [1.807, 2.05) is 30.3 Å². The maximum Gasteiger partial charge on any atom is 0.249 e. The third kappa shape index (κ3) is 2.44. The first-order chi connectivity index (χ1) is 10.7. The second-order valence-electron chi connectivity index (χ2n) is 4.69. The molecule has 3 aromatic rings. The summed E-state index contributed by atoms with van der Waals surface area (Å²) in [4.78, 5) is 15.6. The van der Waals surface area contributed by atoms with Crippen molar-refractivity contribution in [2.45, 2.75) is 0 Å². The van der Waals surface area contributed by atoms with E-state index in [9.17, 15) is 4.79 Å². The fraction of sp³-hybridized carbons (Fsp3) is 0.0588. The zero-order valence-corrected chi connectivity index (χ0v) is 11.9. The Hall–Kier alpha value is -3.08. The molecular formula is C17H14N2O3. The topological polar surface area (TPSA) is 78.3 Å². The minimum atomic E-state index is -0.484. The summed E-state index contributed by atoms with van der Waals surface area (Å²) in [6, 6.07) is 12.7. The van der Waals surface area contributed by atoms with Crippen LogP contribution in [0.3, 0.4) is 0 Å². The van der Waals surface area contributed by atoms with E-state index in [1.54, 1.807) is 25.4 Å². The molecule has 0 atom stereocenters. The van der Waals surface area contributed by atoms with Crippen molar-refractivity contribution in [1.82, 2.24) is 4.98 Å². The average Bonchev–Trinajstić information content (AvgIpc) is 3.08. The van der Waals surface area contributed by atoms with E-state index >= 15 is 0 Å². The van der Waals surface area contributed by atoms with Crippen molar-refractivity contribution in [2.75, 3.05) is 7.11 Å². The first kappa shape index (κ1) is 13.9. The van der Waals surface area contributed by atoms with Crippen LogP contribution in [-0.4, -0.2) is 18.0 Å². The van der Waals surface area contributed by atoms with Crippen LogP contribution in [0.5, 0.6) is 5.75 Å². The lowest BCUT2D eigenvalue weighted by atomic mass is 9.96. The second kappa shape index (κ2) is 5.73. The van der Waals surface area contributed by atoms with Gasteiger partial charge in [0.1, 0.15) is 5.75 Å². The fourth-order valence-electron chi connectivity index (χ4n) is 2.36.